The monoisotopic (exact) mass is 562 g/mol. The highest BCUT2D eigenvalue weighted by atomic mass is 28.3. The summed E-state index contributed by atoms with van der Waals surface area (Å²) in [5.74, 6) is 4.67. The van der Waals surface area contributed by atoms with Crippen LogP contribution in [0.3, 0.4) is 0 Å². The van der Waals surface area contributed by atoms with E-state index in [2.05, 4.69) is 147 Å². The summed E-state index contributed by atoms with van der Waals surface area (Å²) in [5.41, 5.74) is 8.42. The molecule has 0 saturated heterocycles. The van der Waals surface area contributed by atoms with Crippen LogP contribution in [0.5, 0.6) is 0 Å². The van der Waals surface area contributed by atoms with Gasteiger partial charge in [-0.3, -0.25) is 0 Å². The fourth-order valence-corrected chi connectivity index (χ4v) is 11.3. The molecule has 3 aliphatic carbocycles. The molecule has 0 N–H and O–H groups in total. The van der Waals surface area contributed by atoms with E-state index in [4.69, 9.17) is 0 Å². The zero-order valence-electron chi connectivity index (χ0n) is 25.2. The molecule has 0 saturated carbocycles. The number of rotatable bonds is 8. The third-order valence-electron chi connectivity index (χ3n) is 9.29. The van der Waals surface area contributed by atoms with E-state index in [9.17, 15) is 0 Å². The first kappa shape index (κ1) is 28.3. The van der Waals surface area contributed by atoms with E-state index in [0.717, 1.165) is 12.8 Å². The maximum absolute atomic E-state index is 4.15. The molecule has 3 aromatic carbocycles. The third-order valence-corrected chi connectivity index (χ3v) is 13.6. The van der Waals surface area contributed by atoms with E-state index in [1.165, 1.54) is 69.3 Å². The molecule has 2 unspecified atom stereocenters. The Hall–Kier alpha value is -3.86. The molecule has 210 valence electrons. The number of hydrogen-bond acceptors (Lipinski definition) is 0. The largest absolute Gasteiger partial charge is 0.226 e. The van der Waals surface area contributed by atoms with E-state index in [0.29, 0.717) is 5.92 Å². The van der Waals surface area contributed by atoms with Gasteiger partial charge in [-0.15, -0.1) is 5.54 Å². The molecular weight excluding hydrogens is 521 g/mol. The van der Waals surface area contributed by atoms with Crippen molar-refractivity contribution >= 4 is 29.6 Å². The topological polar surface area (TPSA) is 0 Å². The van der Waals surface area contributed by atoms with Crippen LogP contribution in [0.1, 0.15) is 58.8 Å². The van der Waals surface area contributed by atoms with Crippen molar-refractivity contribution in [1.29, 1.82) is 0 Å². The SMILES string of the molecule is CCCCCCC1=c2ccccc2=C(C#C[Si](C2=CC=CCC2)(c2ccccc2)c2ccccc2)C2C=CC(C)=CC12. The van der Waals surface area contributed by atoms with Gasteiger partial charge in [-0.1, -0.05) is 170 Å². The highest BCUT2D eigenvalue weighted by Gasteiger charge is 2.40. The summed E-state index contributed by atoms with van der Waals surface area (Å²) < 4.78 is 0. The van der Waals surface area contributed by atoms with Crippen LogP contribution in [0, 0.1) is 23.3 Å². The van der Waals surface area contributed by atoms with Crippen LogP contribution in [-0.4, -0.2) is 8.07 Å². The maximum atomic E-state index is 4.15. The molecule has 0 nitrogen and oxygen atoms in total. The molecule has 42 heavy (non-hydrogen) atoms. The van der Waals surface area contributed by atoms with Gasteiger partial charge in [0.1, 0.15) is 0 Å². The van der Waals surface area contributed by atoms with Gasteiger partial charge in [-0.05, 0) is 53.4 Å². The van der Waals surface area contributed by atoms with Gasteiger partial charge in [-0.25, -0.2) is 0 Å². The van der Waals surface area contributed by atoms with Crippen LogP contribution >= 0.6 is 0 Å². The van der Waals surface area contributed by atoms with Gasteiger partial charge < -0.3 is 0 Å². The summed E-state index contributed by atoms with van der Waals surface area (Å²) in [4.78, 5) is 0. The Morgan fingerprint density at radius 2 is 1.48 bits per heavy atom. The number of benzene rings is 3. The van der Waals surface area contributed by atoms with E-state index >= 15 is 0 Å². The average molecular weight is 563 g/mol. The van der Waals surface area contributed by atoms with Crippen molar-refractivity contribution in [3.8, 4) is 11.5 Å². The molecule has 6 rings (SSSR count). The summed E-state index contributed by atoms with van der Waals surface area (Å²) in [6.07, 6.45) is 22.7. The lowest BCUT2D eigenvalue weighted by Crippen LogP contribution is -2.59. The molecule has 1 heteroatoms. The summed E-state index contributed by atoms with van der Waals surface area (Å²) in [7, 11) is -2.59. The maximum Gasteiger partial charge on any atom is 0.226 e. The predicted octanol–water partition coefficient (Wildman–Crippen LogP) is 7.34. The Balaban J connectivity index is 1.61. The fourth-order valence-electron chi connectivity index (χ4n) is 7.18. The number of unbranched alkanes of at least 4 members (excludes halogenated alkanes) is 3. The Morgan fingerprint density at radius 1 is 0.786 bits per heavy atom. The van der Waals surface area contributed by atoms with Crippen LogP contribution in [-0.2, 0) is 0 Å². The average Bonchev–Trinajstić information content (AvgIpc) is 3.05. The van der Waals surface area contributed by atoms with Crippen molar-refractivity contribution in [2.75, 3.05) is 0 Å². The van der Waals surface area contributed by atoms with E-state index < -0.39 is 8.07 Å². The molecule has 0 radical (unpaired) electrons. The summed E-state index contributed by atoms with van der Waals surface area (Å²) in [5, 5.41) is 7.03. The molecule has 0 aliphatic heterocycles. The minimum atomic E-state index is -2.59. The first-order valence-electron chi connectivity index (χ1n) is 15.9. The second kappa shape index (κ2) is 13.0. The number of allylic oxidation sites excluding steroid dienone is 8. The fraction of sp³-hybridized carbons (Fsp3) is 0.268. The molecule has 2 atom stereocenters. The van der Waals surface area contributed by atoms with Crippen LogP contribution in [0.15, 0.2) is 132 Å². The first-order valence-corrected chi connectivity index (χ1v) is 17.9. The third kappa shape index (κ3) is 5.49. The Morgan fingerprint density at radius 3 is 2.14 bits per heavy atom. The van der Waals surface area contributed by atoms with Crippen LogP contribution in [0.25, 0.3) is 11.1 Å². The highest BCUT2D eigenvalue weighted by Crippen LogP contribution is 2.38. The van der Waals surface area contributed by atoms with Crippen molar-refractivity contribution in [3.63, 3.8) is 0 Å². The van der Waals surface area contributed by atoms with Crippen molar-refractivity contribution < 1.29 is 0 Å². The van der Waals surface area contributed by atoms with Gasteiger partial charge in [0, 0.05) is 17.4 Å². The van der Waals surface area contributed by atoms with Crippen molar-refractivity contribution in [1.82, 2.24) is 0 Å². The molecule has 0 fully saturated rings. The number of hydrogen-bond donors (Lipinski definition) is 0. The van der Waals surface area contributed by atoms with Crippen LogP contribution in [0.2, 0.25) is 0 Å². The van der Waals surface area contributed by atoms with Gasteiger partial charge in [0.05, 0.1) is 0 Å². The summed E-state index contributed by atoms with van der Waals surface area (Å²) in [6.45, 7) is 4.55. The van der Waals surface area contributed by atoms with E-state index in [-0.39, 0.29) is 5.92 Å². The lowest BCUT2D eigenvalue weighted by molar-refractivity contribution is 0.625. The summed E-state index contributed by atoms with van der Waals surface area (Å²) >= 11 is 0. The second-order valence-electron chi connectivity index (χ2n) is 12.0. The quantitative estimate of drug-likeness (QED) is 0.153. The minimum Gasteiger partial charge on any atom is -0.109 e. The normalized spacial score (nSPS) is 19.3. The van der Waals surface area contributed by atoms with E-state index in [1.807, 2.05) is 0 Å². The summed E-state index contributed by atoms with van der Waals surface area (Å²) in [6, 6.07) is 31.4. The molecule has 3 aromatic rings. The van der Waals surface area contributed by atoms with Gasteiger partial charge in [0.25, 0.3) is 0 Å². The zero-order valence-corrected chi connectivity index (χ0v) is 26.2. The van der Waals surface area contributed by atoms with Crippen molar-refractivity contribution in [3.05, 3.63) is 143 Å². The Kier molecular flexibility index (Phi) is 8.73. The lowest BCUT2D eigenvalue weighted by Gasteiger charge is -2.33. The van der Waals surface area contributed by atoms with E-state index in [1.54, 1.807) is 5.57 Å². The molecule has 3 aliphatic rings. The zero-order chi connectivity index (χ0) is 28.8. The highest BCUT2D eigenvalue weighted by molar-refractivity contribution is 7.13. The second-order valence-corrected chi connectivity index (χ2v) is 15.6. The van der Waals surface area contributed by atoms with Crippen molar-refractivity contribution in [2.45, 2.75) is 58.8 Å². The number of fused-ring (bicyclic) bond motifs is 2. The molecule has 0 heterocycles. The van der Waals surface area contributed by atoms with Gasteiger partial charge >= 0.3 is 0 Å². The predicted molar refractivity (Wildman–Crippen MR) is 183 cm³/mol. The van der Waals surface area contributed by atoms with Crippen molar-refractivity contribution in [2.24, 2.45) is 11.8 Å². The Labute approximate surface area is 253 Å². The first-order chi connectivity index (χ1) is 20.7. The lowest BCUT2D eigenvalue weighted by atomic mass is 9.71. The van der Waals surface area contributed by atoms with Gasteiger partial charge in [0.15, 0.2) is 0 Å². The van der Waals surface area contributed by atoms with Crippen LogP contribution in [0.4, 0.5) is 0 Å². The standard InChI is InChI=1S/C41H42Si/c1-3-4-5-15-24-38-36-25-16-17-26-37(36)40(39-28-27-32(2)31-41(38)39)29-30-42(33-18-9-6-10-19-33,34-20-11-7-12-21-34)35-22-13-8-14-23-35/h6-13,16-22,25-28,31,39,41H,3-5,14-15,23-24H2,1-2H3. The molecular formula is C41H42Si. The van der Waals surface area contributed by atoms with Crippen LogP contribution < -0.4 is 20.8 Å². The molecule has 0 amide bonds. The van der Waals surface area contributed by atoms with Gasteiger partial charge in [-0.2, -0.15) is 0 Å². The molecule has 0 aromatic heterocycles. The van der Waals surface area contributed by atoms with Gasteiger partial charge in [0.2, 0.25) is 8.07 Å². The Bertz CT molecular complexity index is 1680. The minimum absolute atomic E-state index is 0.288. The molecule has 0 spiro atoms. The smallest absolute Gasteiger partial charge is 0.109 e. The molecule has 0 bridgehead atoms.